The SMILES string of the molecule is CCN(CC)CCC(C(=O)[O-])(c1ccccc1)c1cccc(OC)c1. The molecule has 134 valence electrons. The van der Waals surface area contributed by atoms with E-state index in [-0.39, 0.29) is 0 Å². The van der Waals surface area contributed by atoms with Crippen LogP contribution in [0.5, 0.6) is 5.75 Å². The summed E-state index contributed by atoms with van der Waals surface area (Å²) in [4.78, 5) is 14.7. The Morgan fingerprint density at radius 1 is 1.04 bits per heavy atom. The number of rotatable bonds is 9. The highest BCUT2D eigenvalue weighted by Gasteiger charge is 2.36. The maximum atomic E-state index is 12.4. The maximum absolute atomic E-state index is 12.4. The number of hydrogen-bond acceptors (Lipinski definition) is 4. The zero-order valence-electron chi connectivity index (χ0n) is 15.2. The van der Waals surface area contributed by atoms with Crippen molar-refractivity contribution in [3.63, 3.8) is 0 Å². The van der Waals surface area contributed by atoms with Crippen molar-refractivity contribution >= 4 is 5.97 Å². The van der Waals surface area contributed by atoms with Crippen molar-refractivity contribution in [2.75, 3.05) is 26.7 Å². The van der Waals surface area contributed by atoms with Crippen LogP contribution in [0.1, 0.15) is 31.4 Å². The van der Waals surface area contributed by atoms with E-state index in [1.165, 1.54) is 0 Å². The van der Waals surface area contributed by atoms with Gasteiger partial charge in [0.05, 0.1) is 18.5 Å². The highest BCUT2D eigenvalue weighted by atomic mass is 16.5. The normalized spacial score (nSPS) is 13.4. The standard InChI is InChI=1S/C21H27NO3/c1-4-22(5-2)15-14-21(20(23)24,17-10-7-6-8-11-17)18-12-9-13-19(16-18)25-3/h6-13,16H,4-5,14-15H2,1-3H3,(H,23,24)/p-1. The largest absolute Gasteiger partial charge is 0.549 e. The van der Waals surface area contributed by atoms with E-state index in [0.717, 1.165) is 18.7 Å². The Kier molecular flexibility index (Phi) is 6.59. The third-order valence-electron chi connectivity index (χ3n) is 4.88. The smallest absolute Gasteiger partial charge is 0.119 e. The van der Waals surface area contributed by atoms with Gasteiger partial charge in [-0.05, 0) is 49.3 Å². The molecule has 2 aromatic carbocycles. The topological polar surface area (TPSA) is 52.6 Å². The number of aliphatic carboxylic acids is 1. The van der Waals surface area contributed by atoms with Crippen molar-refractivity contribution in [2.24, 2.45) is 0 Å². The summed E-state index contributed by atoms with van der Waals surface area (Å²) in [6.45, 7) is 6.60. The molecule has 0 saturated heterocycles. The van der Waals surface area contributed by atoms with E-state index >= 15 is 0 Å². The fourth-order valence-corrected chi connectivity index (χ4v) is 3.27. The molecule has 0 radical (unpaired) electrons. The van der Waals surface area contributed by atoms with Gasteiger partial charge in [0.2, 0.25) is 0 Å². The summed E-state index contributed by atoms with van der Waals surface area (Å²) < 4.78 is 5.31. The number of hydrogen-bond donors (Lipinski definition) is 0. The van der Waals surface area contributed by atoms with Crippen LogP contribution in [0.4, 0.5) is 0 Å². The number of methoxy groups -OCH3 is 1. The number of carboxylic acid groups (broad SMARTS) is 1. The van der Waals surface area contributed by atoms with Crippen LogP contribution >= 0.6 is 0 Å². The highest BCUT2D eigenvalue weighted by molar-refractivity contribution is 5.84. The predicted molar refractivity (Wildman–Crippen MR) is 97.6 cm³/mol. The van der Waals surface area contributed by atoms with Gasteiger partial charge in [-0.1, -0.05) is 56.3 Å². The van der Waals surface area contributed by atoms with Crippen molar-refractivity contribution in [1.29, 1.82) is 0 Å². The van der Waals surface area contributed by atoms with Crippen molar-refractivity contribution in [3.8, 4) is 5.75 Å². The second-order valence-electron chi connectivity index (χ2n) is 6.07. The average Bonchev–Trinajstić information content (AvgIpc) is 2.66. The molecule has 4 heteroatoms. The summed E-state index contributed by atoms with van der Waals surface area (Å²) >= 11 is 0. The predicted octanol–water partition coefficient (Wildman–Crippen LogP) is 2.46. The Bertz CT molecular complexity index is 683. The molecule has 0 aliphatic carbocycles. The minimum absolute atomic E-state index is 0.439. The molecule has 0 amide bonds. The first kappa shape index (κ1) is 19.0. The number of benzene rings is 2. The van der Waals surface area contributed by atoms with Crippen LogP contribution in [0.3, 0.4) is 0 Å². The molecule has 0 bridgehead atoms. The third kappa shape index (κ3) is 4.02. The van der Waals surface area contributed by atoms with Gasteiger partial charge in [-0.15, -0.1) is 0 Å². The molecule has 0 spiro atoms. The quantitative estimate of drug-likeness (QED) is 0.704. The molecule has 0 aliphatic rings. The van der Waals surface area contributed by atoms with E-state index in [4.69, 9.17) is 4.74 Å². The average molecular weight is 340 g/mol. The van der Waals surface area contributed by atoms with Crippen LogP contribution in [-0.4, -0.2) is 37.6 Å². The summed E-state index contributed by atoms with van der Waals surface area (Å²) in [5, 5.41) is 12.4. The molecule has 0 N–H and O–H groups in total. The van der Waals surface area contributed by atoms with Crippen molar-refractivity contribution in [3.05, 3.63) is 65.7 Å². The zero-order valence-corrected chi connectivity index (χ0v) is 15.2. The van der Waals surface area contributed by atoms with Crippen LogP contribution in [0, 0.1) is 0 Å². The molecular formula is C21H26NO3-. The molecule has 0 aromatic heterocycles. The summed E-state index contributed by atoms with van der Waals surface area (Å²) in [6, 6.07) is 16.6. The third-order valence-corrected chi connectivity index (χ3v) is 4.88. The van der Waals surface area contributed by atoms with Crippen molar-refractivity contribution < 1.29 is 14.6 Å². The molecule has 2 rings (SSSR count). The van der Waals surface area contributed by atoms with E-state index in [1.54, 1.807) is 13.2 Å². The summed E-state index contributed by atoms with van der Waals surface area (Å²) in [5.74, 6) is -0.444. The van der Waals surface area contributed by atoms with Crippen LogP contribution in [0.15, 0.2) is 54.6 Å². The number of carbonyl (C=O) groups is 1. The maximum Gasteiger partial charge on any atom is 0.119 e. The molecule has 0 aliphatic heterocycles. The zero-order chi connectivity index (χ0) is 18.3. The van der Waals surface area contributed by atoms with E-state index in [0.29, 0.717) is 24.3 Å². The second kappa shape index (κ2) is 8.67. The lowest BCUT2D eigenvalue weighted by atomic mass is 9.72. The number of carboxylic acids is 1. The van der Waals surface area contributed by atoms with E-state index < -0.39 is 11.4 Å². The fraction of sp³-hybridized carbons (Fsp3) is 0.381. The fourth-order valence-electron chi connectivity index (χ4n) is 3.27. The van der Waals surface area contributed by atoms with Crippen molar-refractivity contribution in [1.82, 2.24) is 4.90 Å². The van der Waals surface area contributed by atoms with E-state index in [1.807, 2.05) is 48.5 Å². The lowest BCUT2D eigenvalue weighted by Gasteiger charge is -2.38. The molecule has 2 aromatic rings. The van der Waals surface area contributed by atoms with Gasteiger partial charge in [0.1, 0.15) is 5.75 Å². The van der Waals surface area contributed by atoms with Gasteiger partial charge >= 0.3 is 0 Å². The Morgan fingerprint density at radius 3 is 2.24 bits per heavy atom. The van der Waals surface area contributed by atoms with Gasteiger partial charge in [0.25, 0.3) is 0 Å². The Balaban J connectivity index is 2.57. The van der Waals surface area contributed by atoms with Gasteiger partial charge in [0, 0.05) is 0 Å². The lowest BCUT2D eigenvalue weighted by molar-refractivity contribution is -0.312. The highest BCUT2D eigenvalue weighted by Crippen LogP contribution is 2.37. The second-order valence-corrected chi connectivity index (χ2v) is 6.07. The van der Waals surface area contributed by atoms with Crippen LogP contribution in [-0.2, 0) is 10.2 Å². The number of ether oxygens (including phenoxy) is 1. The molecule has 1 unspecified atom stereocenters. The summed E-state index contributed by atoms with van der Waals surface area (Å²) in [5.41, 5.74) is 0.207. The Morgan fingerprint density at radius 2 is 1.68 bits per heavy atom. The number of nitrogens with zero attached hydrogens (tertiary/aromatic N) is 1. The molecule has 25 heavy (non-hydrogen) atoms. The van der Waals surface area contributed by atoms with Gasteiger partial charge in [-0.2, -0.15) is 0 Å². The minimum Gasteiger partial charge on any atom is -0.549 e. The first-order valence-corrected chi connectivity index (χ1v) is 8.72. The van der Waals surface area contributed by atoms with E-state index in [2.05, 4.69) is 18.7 Å². The molecule has 0 heterocycles. The van der Waals surface area contributed by atoms with Gasteiger partial charge in [-0.3, -0.25) is 0 Å². The molecule has 0 fully saturated rings. The molecule has 1 atom stereocenters. The van der Waals surface area contributed by atoms with Crippen LogP contribution in [0.25, 0.3) is 0 Å². The monoisotopic (exact) mass is 340 g/mol. The first-order valence-electron chi connectivity index (χ1n) is 8.72. The lowest BCUT2D eigenvalue weighted by Crippen LogP contribution is -2.48. The summed E-state index contributed by atoms with van der Waals surface area (Å²) in [6.07, 6.45) is 0.439. The van der Waals surface area contributed by atoms with Crippen LogP contribution < -0.4 is 9.84 Å². The Hall–Kier alpha value is -2.33. The molecule has 4 nitrogen and oxygen atoms in total. The van der Waals surface area contributed by atoms with Gasteiger partial charge < -0.3 is 19.5 Å². The van der Waals surface area contributed by atoms with Gasteiger partial charge in [-0.25, -0.2) is 0 Å². The van der Waals surface area contributed by atoms with Crippen molar-refractivity contribution in [2.45, 2.75) is 25.7 Å². The van der Waals surface area contributed by atoms with E-state index in [9.17, 15) is 9.90 Å². The van der Waals surface area contributed by atoms with Gasteiger partial charge in [0.15, 0.2) is 0 Å². The minimum atomic E-state index is -1.21. The molecule has 0 saturated carbocycles. The Labute approximate surface area is 150 Å². The summed E-state index contributed by atoms with van der Waals surface area (Å²) in [7, 11) is 1.58. The number of carbonyl (C=O) groups excluding carboxylic acids is 1. The molecular weight excluding hydrogens is 314 g/mol. The van der Waals surface area contributed by atoms with Crippen LogP contribution in [0.2, 0.25) is 0 Å². The first-order chi connectivity index (χ1) is 12.1.